The maximum Gasteiger partial charge on any atom is 0.243 e. The molecule has 202 valence electrons. The van der Waals surface area contributed by atoms with Crippen LogP contribution in [0.3, 0.4) is 0 Å². The van der Waals surface area contributed by atoms with Gasteiger partial charge in [0.1, 0.15) is 6.04 Å². The van der Waals surface area contributed by atoms with Crippen molar-refractivity contribution in [2.45, 2.75) is 50.0 Å². The second kappa shape index (κ2) is 12.6. The van der Waals surface area contributed by atoms with Crippen LogP contribution in [0, 0.1) is 0 Å². The Kier molecular flexibility index (Phi) is 10.0. The zero-order valence-electron chi connectivity index (χ0n) is 21.9. The molecule has 1 N–H and O–H groups in total. The van der Waals surface area contributed by atoms with E-state index in [1.807, 2.05) is 43.3 Å². The summed E-state index contributed by atoms with van der Waals surface area (Å²) in [6.45, 7) is 4.18. The van der Waals surface area contributed by atoms with Gasteiger partial charge in [0.25, 0.3) is 0 Å². The molecule has 5 rings (SSSR count). The Morgan fingerprint density at radius 2 is 1.65 bits per heavy atom. The number of rotatable bonds is 7. The number of halogens is 2. The molecule has 2 aliphatic heterocycles. The van der Waals surface area contributed by atoms with Crippen LogP contribution in [0.25, 0.3) is 0 Å². The van der Waals surface area contributed by atoms with Crippen LogP contribution in [0.15, 0.2) is 48.5 Å². The van der Waals surface area contributed by atoms with Crippen LogP contribution in [-0.2, 0) is 27.8 Å². The van der Waals surface area contributed by atoms with Gasteiger partial charge in [0, 0.05) is 38.2 Å². The Balaban J connectivity index is 0.00000190. The molecule has 37 heavy (non-hydrogen) atoms. The number of amides is 2. The van der Waals surface area contributed by atoms with Crippen LogP contribution in [-0.4, -0.2) is 74.5 Å². The van der Waals surface area contributed by atoms with Crippen molar-refractivity contribution in [3.8, 4) is 0 Å². The lowest BCUT2D eigenvalue weighted by Gasteiger charge is -2.40. The molecule has 1 atom stereocenters. The van der Waals surface area contributed by atoms with E-state index in [0.717, 1.165) is 37.4 Å². The van der Waals surface area contributed by atoms with Gasteiger partial charge in [0.2, 0.25) is 11.8 Å². The van der Waals surface area contributed by atoms with E-state index in [4.69, 9.17) is 0 Å². The van der Waals surface area contributed by atoms with E-state index < -0.39 is 6.04 Å². The lowest BCUT2D eigenvalue weighted by molar-refractivity contribution is -0.126. The average Bonchev–Trinajstić information content (AvgIpc) is 3.43. The van der Waals surface area contributed by atoms with Crippen molar-refractivity contribution in [3.63, 3.8) is 0 Å². The van der Waals surface area contributed by atoms with E-state index >= 15 is 0 Å². The number of anilines is 1. The largest absolute Gasteiger partial charge is 0.353 e. The Labute approximate surface area is 233 Å². The predicted molar refractivity (Wildman–Crippen MR) is 154 cm³/mol. The van der Waals surface area contributed by atoms with Crippen LogP contribution in [0.1, 0.15) is 42.4 Å². The number of likely N-dealkylation sites (tertiary alicyclic amines) is 1. The average molecular weight is 548 g/mol. The molecule has 2 heterocycles. The van der Waals surface area contributed by atoms with Crippen LogP contribution < -0.4 is 10.2 Å². The van der Waals surface area contributed by atoms with Crippen molar-refractivity contribution in [2.75, 3.05) is 51.7 Å². The van der Waals surface area contributed by atoms with E-state index in [-0.39, 0.29) is 36.6 Å². The van der Waals surface area contributed by atoms with Crippen molar-refractivity contribution in [1.82, 2.24) is 15.1 Å². The van der Waals surface area contributed by atoms with E-state index in [0.29, 0.717) is 24.8 Å². The number of benzene rings is 2. The minimum Gasteiger partial charge on any atom is -0.353 e. The van der Waals surface area contributed by atoms with Crippen molar-refractivity contribution in [3.05, 3.63) is 65.2 Å². The number of nitrogens with one attached hydrogen (secondary N) is 1. The molecule has 1 aliphatic carbocycles. The maximum absolute atomic E-state index is 13.5. The summed E-state index contributed by atoms with van der Waals surface area (Å²) in [6.07, 6.45) is 5.82. The maximum atomic E-state index is 13.5. The van der Waals surface area contributed by atoms with Gasteiger partial charge in [-0.25, -0.2) is 0 Å². The second-order valence-corrected chi connectivity index (χ2v) is 10.7. The highest BCUT2D eigenvalue weighted by Crippen LogP contribution is 2.46. The van der Waals surface area contributed by atoms with Crippen molar-refractivity contribution < 1.29 is 9.59 Å². The topological polar surface area (TPSA) is 55.9 Å². The molecule has 8 heteroatoms. The highest BCUT2D eigenvalue weighted by atomic mass is 35.5. The third-order valence-electron chi connectivity index (χ3n) is 8.32. The summed E-state index contributed by atoms with van der Waals surface area (Å²) < 4.78 is 0. The van der Waals surface area contributed by atoms with Gasteiger partial charge in [-0.3, -0.25) is 14.5 Å². The number of hydrogen-bond donors (Lipinski definition) is 1. The minimum absolute atomic E-state index is 0. The zero-order valence-corrected chi connectivity index (χ0v) is 23.6. The number of para-hydroxylation sites is 1. The van der Waals surface area contributed by atoms with Crippen molar-refractivity contribution >= 4 is 42.3 Å². The minimum atomic E-state index is -0.457. The summed E-state index contributed by atoms with van der Waals surface area (Å²) in [5.74, 6) is -0.00887. The highest BCUT2D eigenvalue weighted by molar-refractivity contribution is 6.03. The summed E-state index contributed by atoms with van der Waals surface area (Å²) in [4.78, 5) is 32.7. The molecular formula is C29H40Cl2N4O2. The number of aryl methyl sites for hydroxylation is 1. The molecule has 2 amide bonds. The summed E-state index contributed by atoms with van der Waals surface area (Å²) >= 11 is 0. The van der Waals surface area contributed by atoms with Gasteiger partial charge >= 0.3 is 0 Å². The third-order valence-corrected chi connectivity index (χ3v) is 8.32. The Bertz CT molecular complexity index is 1090. The molecule has 0 aromatic heterocycles. The quantitative estimate of drug-likeness (QED) is 0.573. The van der Waals surface area contributed by atoms with Crippen LogP contribution in [0.4, 0.5) is 5.69 Å². The smallest absolute Gasteiger partial charge is 0.243 e. The molecule has 2 aromatic rings. The first-order chi connectivity index (χ1) is 17.0. The molecular weight excluding hydrogens is 507 g/mol. The number of carbonyl (C=O) groups excluding carboxylic acids is 2. The Morgan fingerprint density at radius 1 is 0.973 bits per heavy atom. The predicted octanol–water partition coefficient (Wildman–Crippen LogP) is 3.84. The van der Waals surface area contributed by atoms with Gasteiger partial charge in [0.05, 0.1) is 0 Å². The SMILES string of the molecule is CN(C)CCNC(=O)[C@@H]1Cc2ccccc2N1C(=O)CCN1CCC2(CCc3ccccc32)CC1.Cl.Cl. The fourth-order valence-corrected chi connectivity index (χ4v) is 6.29. The molecule has 2 aromatic carbocycles. The Morgan fingerprint density at radius 3 is 2.38 bits per heavy atom. The first-order valence-electron chi connectivity index (χ1n) is 13.1. The van der Waals surface area contributed by atoms with Crippen LogP contribution in [0.5, 0.6) is 0 Å². The molecule has 0 unspecified atom stereocenters. The molecule has 1 saturated heterocycles. The van der Waals surface area contributed by atoms with Gasteiger partial charge in [-0.1, -0.05) is 42.5 Å². The number of nitrogens with zero attached hydrogens (tertiary/aromatic N) is 3. The summed E-state index contributed by atoms with van der Waals surface area (Å²) in [5.41, 5.74) is 5.39. The lowest BCUT2D eigenvalue weighted by atomic mass is 9.74. The van der Waals surface area contributed by atoms with Crippen LogP contribution in [0.2, 0.25) is 0 Å². The summed E-state index contributed by atoms with van der Waals surface area (Å²) in [6, 6.07) is 16.4. The fourth-order valence-electron chi connectivity index (χ4n) is 6.29. The Hall–Kier alpha value is -2.12. The molecule has 0 bridgehead atoms. The molecule has 6 nitrogen and oxygen atoms in total. The lowest BCUT2D eigenvalue weighted by Crippen LogP contribution is -2.50. The fraction of sp³-hybridized carbons (Fsp3) is 0.517. The highest BCUT2D eigenvalue weighted by Gasteiger charge is 2.41. The number of fused-ring (bicyclic) bond motifs is 3. The standard InChI is InChI=1S/C29H38N4O2.2ClH/c1-31(2)20-16-30-28(35)26-21-23-8-4-6-10-25(23)33(26)27(34)12-17-32-18-14-29(15-19-32)13-11-22-7-3-5-9-24(22)29;;/h3-10,26H,11-21H2,1-2H3,(H,30,35);2*1H/t26-;;/m0../s1. The summed E-state index contributed by atoms with van der Waals surface area (Å²) in [5, 5.41) is 3.03. The summed E-state index contributed by atoms with van der Waals surface area (Å²) in [7, 11) is 3.97. The second-order valence-electron chi connectivity index (χ2n) is 10.7. The van der Waals surface area contributed by atoms with Crippen molar-refractivity contribution in [2.24, 2.45) is 0 Å². The first kappa shape index (κ1) is 29.4. The molecule has 0 saturated carbocycles. The van der Waals surface area contributed by atoms with E-state index in [2.05, 4.69) is 34.5 Å². The molecule has 3 aliphatic rings. The molecule has 1 fully saturated rings. The molecule has 0 radical (unpaired) electrons. The third kappa shape index (κ3) is 6.14. The number of piperidine rings is 1. The van der Waals surface area contributed by atoms with Gasteiger partial charge in [-0.2, -0.15) is 0 Å². The molecule has 1 spiro atoms. The van der Waals surface area contributed by atoms with Crippen molar-refractivity contribution in [1.29, 1.82) is 0 Å². The number of carbonyl (C=O) groups is 2. The zero-order chi connectivity index (χ0) is 24.4. The van der Waals surface area contributed by atoms with Gasteiger partial charge in [-0.15, -0.1) is 24.8 Å². The van der Waals surface area contributed by atoms with Gasteiger partial charge < -0.3 is 15.1 Å². The van der Waals surface area contributed by atoms with Gasteiger partial charge in [0.15, 0.2) is 0 Å². The number of likely N-dealkylation sites (N-methyl/N-ethyl adjacent to an activating group) is 1. The first-order valence-corrected chi connectivity index (χ1v) is 13.1. The van der Waals surface area contributed by atoms with E-state index in [9.17, 15) is 9.59 Å². The monoisotopic (exact) mass is 546 g/mol. The number of hydrogen-bond acceptors (Lipinski definition) is 4. The van der Waals surface area contributed by atoms with E-state index in [1.54, 1.807) is 10.5 Å². The van der Waals surface area contributed by atoms with Crippen LogP contribution >= 0.6 is 24.8 Å². The van der Waals surface area contributed by atoms with Gasteiger partial charge in [-0.05, 0) is 81.0 Å². The normalized spacial score (nSPS) is 19.6. The van der Waals surface area contributed by atoms with E-state index in [1.165, 1.54) is 31.2 Å².